The van der Waals surface area contributed by atoms with Crippen LogP contribution < -0.4 is 5.32 Å². The highest BCUT2D eigenvalue weighted by Gasteiger charge is 2.13. The number of nitrogens with one attached hydrogen (secondary N) is 1. The summed E-state index contributed by atoms with van der Waals surface area (Å²) >= 11 is 0. The third kappa shape index (κ3) is 3.51. The van der Waals surface area contributed by atoms with E-state index in [4.69, 9.17) is 4.42 Å². The topological polar surface area (TPSA) is 43.0 Å². The summed E-state index contributed by atoms with van der Waals surface area (Å²) in [5.74, 6) is 1.95. The largest absolute Gasteiger partial charge is 0.461 e. The minimum atomic E-state index is 0.438. The smallest absolute Gasteiger partial charge is 0.137 e. The van der Waals surface area contributed by atoms with Gasteiger partial charge >= 0.3 is 0 Å². The Kier molecular flexibility index (Phi) is 5.01. The van der Waals surface area contributed by atoms with Crippen LogP contribution in [-0.4, -0.2) is 22.4 Å². The van der Waals surface area contributed by atoms with Crippen molar-refractivity contribution in [1.29, 1.82) is 0 Å². The molecule has 0 aliphatic carbocycles. The lowest BCUT2D eigenvalue weighted by Crippen LogP contribution is -2.28. The molecule has 2 rings (SSSR count). The second-order valence-electron chi connectivity index (χ2n) is 5.34. The summed E-state index contributed by atoms with van der Waals surface area (Å²) in [5, 5.41) is 7.94. The van der Waals surface area contributed by atoms with Gasteiger partial charge < -0.3 is 9.73 Å². The first-order valence-corrected chi connectivity index (χ1v) is 7.49. The average molecular weight is 275 g/mol. The van der Waals surface area contributed by atoms with Crippen molar-refractivity contribution in [2.45, 2.75) is 46.1 Å². The van der Waals surface area contributed by atoms with Gasteiger partial charge in [-0.25, -0.2) is 0 Å². The lowest BCUT2D eigenvalue weighted by molar-refractivity contribution is 0.464. The van der Waals surface area contributed by atoms with E-state index in [9.17, 15) is 0 Å². The summed E-state index contributed by atoms with van der Waals surface area (Å²) in [6.07, 6.45) is 5.02. The van der Waals surface area contributed by atoms with Crippen LogP contribution in [0.15, 0.2) is 22.7 Å². The molecule has 1 atom stereocenters. The van der Waals surface area contributed by atoms with Gasteiger partial charge in [0.1, 0.15) is 11.5 Å². The van der Waals surface area contributed by atoms with Crippen molar-refractivity contribution in [2.24, 2.45) is 7.05 Å². The highest BCUT2D eigenvalue weighted by molar-refractivity contribution is 5.59. The van der Waals surface area contributed by atoms with Crippen molar-refractivity contribution >= 4 is 0 Å². The number of nitrogens with zero attached hydrogens (tertiary/aromatic N) is 2. The highest BCUT2D eigenvalue weighted by Crippen LogP contribution is 2.26. The monoisotopic (exact) mass is 275 g/mol. The van der Waals surface area contributed by atoms with E-state index in [1.807, 2.05) is 17.9 Å². The standard InChI is InChI=1S/C16H25N3O/c1-5-9-17-12(3)10-13-7-8-16(20-13)14-11-19(4)18-15(14)6-2/h7-8,11-12,17H,5-6,9-10H2,1-4H3. The van der Waals surface area contributed by atoms with Crippen LogP contribution in [-0.2, 0) is 19.9 Å². The van der Waals surface area contributed by atoms with Gasteiger partial charge in [0.15, 0.2) is 0 Å². The van der Waals surface area contributed by atoms with E-state index < -0.39 is 0 Å². The van der Waals surface area contributed by atoms with Gasteiger partial charge in [0.2, 0.25) is 0 Å². The Morgan fingerprint density at radius 2 is 2.15 bits per heavy atom. The quantitative estimate of drug-likeness (QED) is 0.844. The summed E-state index contributed by atoms with van der Waals surface area (Å²) in [5.41, 5.74) is 2.20. The molecule has 0 saturated heterocycles. The van der Waals surface area contributed by atoms with Crippen LogP contribution >= 0.6 is 0 Å². The second kappa shape index (κ2) is 6.75. The lowest BCUT2D eigenvalue weighted by atomic mass is 10.1. The summed E-state index contributed by atoms with van der Waals surface area (Å²) in [4.78, 5) is 0. The van der Waals surface area contributed by atoms with Crippen molar-refractivity contribution < 1.29 is 4.42 Å². The maximum Gasteiger partial charge on any atom is 0.137 e. The molecule has 2 heterocycles. The molecule has 4 heteroatoms. The van der Waals surface area contributed by atoms with Crippen molar-refractivity contribution in [3.05, 3.63) is 29.8 Å². The molecular weight excluding hydrogens is 250 g/mol. The third-order valence-electron chi connectivity index (χ3n) is 3.42. The Hall–Kier alpha value is -1.55. The van der Waals surface area contributed by atoms with Crippen molar-refractivity contribution in [1.82, 2.24) is 15.1 Å². The molecule has 0 amide bonds. The normalized spacial score (nSPS) is 12.8. The average Bonchev–Trinajstić information content (AvgIpc) is 3.02. The van der Waals surface area contributed by atoms with Crippen LogP contribution in [0.1, 0.15) is 38.6 Å². The Bertz CT molecular complexity index is 542. The molecule has 0 saturated carbocycles. The van der Waals surface area contributed by atoms with Crippen LogP contribution in [0.2, 0.25) is 0 Å². The van der Waals surface area contributed by atoms with E-state index >= 15 is 0 Å². The summed E-state index contributed by atoms with van der Waals surface area (Å²) in [6, 6.07) is 4.57. The molecule has 0 aliphatic rings. The molecule has 0 aliphatic heterocycles. The Morgan fingerprint density at radius 1 is 1.35 bits per heavy atom. The lowest BCUT2D eigenvalue weighted by Gasteiger charge is -2.10. The van der Waals surface area contributed by atoms with Crippen molar-refractivity contribution in [3.8, 4) is 11.3 Å². The third-order valence-corrected chi connectivity index (χ3v) is 3.42. The van der Waals surface area contributed by atoms with E-state index in [1.165, 1.54) is 0 Å². The Morgan fingerprint density at radius 3 is 2.85 bits per heavy atom. The van der Waals surface area contributed by atoms with Crippen molar-refractivity contribution in [2.75, 3.05) is 6.54 Å². The van der Waals surface area contributed by atoms with E-state index in [2.05, 4.69) is 43.3 Å². The van der Waals surface area contributed by atoms with Crippen LogP contribution in [0.4, 0.5) is 0 Å². The number of hydrogen-bond acceptors (Lipinski definition) is 3. The number of aromatic nitrogens is 2. The molecular formula is C16H25N3O. The number of rotatable bonds is 7. The first kappa shape index (κ1) is 14.9. The second-order valence-corrected chi connectivity index (χ2v) is 5.34. The van der Waals surface area contributed by atoms with Gasteiger partial charge in [-0.1, -0.05) is 13.8 Å². The first-order chi connectivity index (χ1) is 9.63. The zero-order valence-electron chi connectivity index (χ0n) is 12.9. The fraction of sp³-hybridized carbons (Fsp3) is 0.562. The van der Waals surface area contributed by atoms with Crippen molar-refractivity contribution in [3.63, 3.8) is 0 Å². The Labute approximate surface area is 121 Å². The van der Waals surface area contributed by atoms with Gasteiger partial charge in [-0.3, -0.25) is 4.68 Å². The van der Waals surface area contributed by atoms with Gasteiger partial charge in [-0.2, -0.15) is 5.10 Å². The highest BCUT2D eigenvalue weighted by atomic mass is 16.3. The summed E-state index contributed by atoms with van der Waals surface area (Å²) in [7, 11) is 1.95. The molecule has 1 N–H and O–H groups in total. The molecule has 0 aromatic carbocycles. The first-order valence-electron chi connectivity index (χ1n) is 7.49. The summed E-state index contributed by atoms with van der Waals surface area (Å²) < 4.78 is 7.83. The zero-order chi connectivity index (χ0) is 14.5. The van der Waals surface area contributed by atoms with Gasteiger partial charge in [0, 0.05) is 25.7 Å². The maximum atomic E-state index is 5.98. The molecule has 2 aromatic heterocycles. The molecule has 0 bridgehead atoms. The van der Waals surface area contributed by atoms with Crippen LogP contribution in [0.25, 0.3) is 11.3 Å². The molecule has 0 fully saturated rings. The van der Waals surface area contributed by atoms with Gasteiger partial charge in [0.05, 0.1) is 11.3 Å². The molecule has 4 nitrogen and oxygen atoms in total. The Balaban J connectivity index is 2.08. The number of hydrogen-bond donors (Lipinski definition) is 1. The van der Waals surface area contributed by atoms with Crippen LogP contribution in [0.5, 0.6) is 0 Å². The SMILES string of the molecule is CCCNC(C)Cc1ccc(-c2cn(C)nc2CC)o1. The van der Waals surface area contributed by atoms with E-state index in [1.54, 1.807) is 0 Å². The van der Waals surface area contributed by atoms with Crippen LogP contribution in [0.3, 0.4) is 0 Å². The molecule has 0 spiro atoms. The van der Waals surface area contributed by atoms with Gasteiger partial charge in [0.25, 0.3) is 0 Å². The van der Waals surface area contributed by atoms with E-state index in [-0.39, 0.29) is 0 Å². The predicted octanol–water partition coefficient (Wildman–Crippen LogP) is 3.17. The maximum absolute atomic E-state index is 5.98. The molecule has 2 aromatic rings. The number of furan rings is 1. The minimum absolute atomic E-state index is 0.438. The molecule has 20 heavy (non-hydrogen) atoms. The van der Waals surface area contributed by atoms with Gasteiger partial charge in [-0.05, 0) is 38.4 Å². The molecule has 0 radical (unpaired) electrons. The fourth-order valence-corrected chi connectivity index (χ4v) is 2.40. The van der Waals surface area contributed by atoms with Gasteiger partial charge in [-0.15, -0.1) is 0 Å². The molecule has 110 valence electrons. The predicted molar refractivity (Wildman–Crippen MR) is 81.7 cm³/mol. The number of aryl methyl sites for hydroxylation is 2. The van der Waals surface area contributed by atoms with E-state index in [0.29, 0.717) is 6.04 Å². The fourth-order valence-electron chi connectivity index (χ4n) is 2.40. The zero-order valence-corrected chi connectivity index (χ0v) is 12.9. The molecule has 1 unspecified atom stereocenters. The van der Waals surface area contributed by atoms with E-state index in [0.717, 1.165) is 48.6 Å². The van der Waals surface area contributed by atoms with Crippen LogP contribution in [0, 0.1) is 0 Å². The summed E-state index contributed by atoms with van der Waals surface area (Å²) in [6.45, 7) is 7.54. The minimum Gasteiger partial charge on any atom is -0.461 e.